The van der Waals surface area contributed by atoms with Gasteiger partial charge in [-0.2, -0.15) is 5.10 Å². The standard InChI is InChI=1S/C24H27N5O/c1-15-9-17(11-19(13-26-2)22(15)25)16-3-4-21-18(10-16)14-28-29(23(21)30)20-5-8-27-24(12-20)6-7-24/h3-4,9-11,13-14,20,27H,5-8,12,25H2,1-2H3. The largest absolute Gasteiger partial charge is 0.398 e. The Morgan fingerprint density at radius 1 is 1.27 bits per heavy atom. The summed E-state index contributed by atoms with van der Waals surface area (Å²) in [5.74, 6) is 0. The maximum atomic E-state index is 13.2. The minimum absolute atomic E-state index is 0.00837. The van der Waals surface area contributed by atoms with Gasteiger partial charge >= 0.3 is 0 Å². The van der Waals surface area contributed by atoms with Crippen molar-refractivity contribution in [3.8, 4) is 11.1 Å². The number of piperidine rings is 1. The van der Waals surface area contributed by atoms with Crippen LogP contribution in [0.1, 0.15) is 42.9 Å². The first kappa shape index (κ1) is 19.0. The van der Waals surface area contributed by atoms with Gasteiger partial charge in [0.25, 0.3) is 5.56 Å². The maximum Gasteiger partial charge on any atom is 0.274 e. The summed E-state index contributed by atoms with van der Waals surface area (Å²) in [4.78, 5) is 17.3. The molecule has 30 heavy (non-hydrogen) atoms. The molecule has 1 atom stereocenters. The third-order valence-corrected chi connectivity index (χ3v) is 6.64. The highest BCUT2D eigenvalue weighted by Gasteiger charge is 2.46. The topological polar surface area (TPSA) is 85.3 Å². The second-order valence-electron chi connectivity index (χ2n) is 8.73. The number of nitrogens with zero attached hydrogens (tertiary/aromatic N) is 3. The van der Waals surface area contributed by atoms with Crippen LogP contribution in [-0.4, -0.2) is 35.1 Å². The number of aromatic nitrogens is 2. The molecule has 6 heteroatoms. The van der Waals surface area contributed by atoms with Gasteiger partial charge in [0.05, 0.1) is 17.6 Å². The second-order valence-corrected chi connectivity index (χ2v) is 8.73. The first-order valence-electron chi connectivity index (χ1n) is 10.6. The van der Waals surface area contributed by atoms with Crippen LogP contribution >= 0.6 is 0 Å². The quantitative estimate of drug-likeness (QED) is 0.520. The fourth-order valence-electron chi connectivity index (χ4n) is 4.71. The SMILES string of the molecule is CN=Cc1cc(-c2ccc3c(=O)n(C4CCNC5(CC5)C4)ncc3c2)cc(C)c1N. The number of rotatable bonds is 3. The van der Waals surface area contributed by atoms with E-state index in [2.05, 4.69) is 21.5 Å². The zero-order valence-corrected chi connectivity index (χ0v) is 17.5. The van der Waals surface area contributed by atoms with E-state index in [1.54, 1.807) is 17.9 Å². The van der Waals surface area contributed by atoms with Gasteiger partial charge in [-0.05, 0) is 80.1 Å². The molecule has 3 N–H and O–H groups in total. The molecule has 0 amide bonds. The van der Waals surface area contributed by atoms with E-state index in [1.807, 2.05) is 37.4 Å². The number of hydrogen-bond acceptors (Lipinski definition) is 5. The predicted molar refractivity (Wildman–Crippen MR) is 122 cm³/mol. The van der Waals surface area contributed by atoms with E-state index in [1.165, 1.54) is 12.8 Å². The Balaban J connectivity index is 1.54. The molecule has 1 aliphatic carbocycles. The fourth-order valence-corrected chi connectivity index (χ4v) is 4.71. The van der Waals surface area contributed by atoms with Crippen LogP contribution in [0.2, 0.25) is 0 Å². The van der Waals surface area contributed by atoms with Crippen LogP contribution in [0.25, 0.3) is 21.9 Å². The first-order valence-corrected chi connectivity index (χ1v) is 10.6. The van der Waals surface area contributed by atoms with Gasteiger partial charge in [-0.1, -0.05) is 6.07 Å². The molecule has 154 valence electrons. The fraction of sp³-hybridized carbons (Fsp3) is 0.375. The van der Waals surface area contributed by atoms with Gasteiger partial charge in [0, 0.05) is 35.4 Å². The highest BCUT2D eigenvalue weighted by molar-refractivity contribution is 5.92. The first-order chi connectivity index (χ1) is 14.5. The number of benzene rings is 2. The number of nitrogens with one attached hydrogen (secondary N) is 1. The molecule has 1 saturated heterocycles. The summed E-state index contributed by atoms with van der Waals surface area (Å²) in [5, 5.41) is 9.77. The van der Waals surface area contributed by atoms with Crippen molar-refractivity contribution < 1.29 is 0 Å². The van der Waals surface area contributed by atoms with Crippen molar-refractivity contribution in [3.05, 3.63) is 58.0 Å². The van der Waals surface area contributed by atoms with E-state index in [9.17, 15) is 4.79 Å². The number of hydrogen-bond donors (Lipinski definition) is 2. The molecule has 1 aliphatic heterocycles. The lowest BCUT2D eigenvalue weighted by Crippen LogP contribution is -2.43. The van der Waals surface area contributed by atoms with Crippen molar-refractivity contribution in [2.75, 3.05) is 19.3 Å². The molecule has 1 saturated carbocycles. The lowest BCUT2D eigenvalue weighted by atomic mass is 9.96. The number of anilines is 1. The lowest BCUT2D eigenvalue weighted by molar-refractivity contribution is 0.264. The van der Waals surface area contributed by atoms with Crippen molar-refractivity contribution in [3.63, 3.8) is 0 Å². The van der Waals surface area contributed by atoms with Gasteiger partial charge < -0.3 is 11.1 Å². The summed E-state index contributed by atoms with van der Waals surface area (Å²) in [7, 11) is 1.74. The van der Waals surface area contributed by atoms with Crippen molar-refractivity contribution >= 4 is 22.7 Å². The number of nitrogen functional groups attached to an aromatic ring is 1. The summed E-state index contributed by atoms with van der Waals surface area (Å²) in [6.45, 7) is 2.95. The Morgan fingerprint density at radius 2 is 2.10 bits per heavy atom. The molecular weight excluding hydrogens is 374 g/mol. The molecule has 2 aromatic carbocycles. The number of aryl methyl sites for hydroxylation is 1. The van der Waals surface area contributed by atoms with E-state index >= 15 is 0 Å². The number of aliphatic imine (C=N–C) groups is 1. The van der Waals surface area contributed by atoms with Crippen LogP contribution in [0.15, 0.2) is 46.3 Å². The average molecular weight is 402 g/mol. The Morgan fingerprint density at radius 3 is 2.87 bits per heavy atom. The minimum atomic E-state index is 0.00837. The van der Waals surface area contributed by atoms with Crippen LogP contribution < -0.4 is 16.6 Å². The molecule has 1 unspecified atom stereocenters. The van der Waals surface area contributed by atoms with Crippen molar-refractivity contribution in [2.45, 2.75) is 44.2 Å². The molecule has 0 radical (unpaired) electrons. The molecule has 1 aromatic heterocycles. The van der Waals surface area contributed by atoms with Gasteiger partial charge in [-0.15, -0.1) is 0 Å². The van der Waals surface area contributed by atoms with Crippen molar-refractivity contribution in [2.24, 2.45) is 4.99 Å². The number of nitrogens with two attached hydrogens (primary N) is 1. The third-order valence-electron chi connectivity index (χ3n) is 6.64. The molecule has 2 heterocycles. The maximum absolute atomic E-state index is 13.2. The third kappa shape index (κ3) is 3.21. The average Bonchev–Trinajstić information content (AvgIpc) is 3.49. The zero-order valence-electron chi connectivity index (χ0n) is 17.5. The van der Waals surface area contributed by atoms with Gasteiger partial charge in [-0.25, -0.2) is 4.68 Å². The van der Waals surface area contributed by atoms with Gasteiger partial charge in [0.2, 0.25) is 0 Å². The molecule has 1 spiro atoms. The summed E-state index contributed by atoms with van der Waals surface area (Å²) in [5.41, 5.74) is 11.2. The Kier molecular flexibility index (Phi) is 4.47. The molecule has 2 aliphatic rings. The second kappa shape index (κ2) is 7.06. The van der Waals surface area contributed by atoms with E-state index in [-0.39, 0.29) is 17.1 Å². The predicted octanol–water partition coefficient (Wildman–Crippen LogP) is 3.46. The van der Waals surface area contributed by atoms with E-state index in [0.29, 0.717) is 0 Å². The summed E-state index contributed by atoms with van der Waals surface area (Å²) >= 11 is 0. The minimum Gasteiger partial charge on any atom is -0.398 e. The normalized spacial score (nSPS) is 20.3. The Bertz CT molecular complexity index is 1220. The van der Waals surface area contributed by atoms with E-state index in [4.69, 9.17) is 5.73 Å². The summed E-state index contributed by atoms with van der Waals surface area (Å²) < 4.78 is 1.71. The molecule has 0 bridgehead atoms. The highest BCUT2D eigenvalue weighted by atomic mass is 16.1. The van der Waals surface area contributed by atoms with Crippen LogP contribution in [0.5, 0.6) is 0 Å². The smallest absolute Gasteiger partial charge is 0.274 e. The monoisotopic (exact) mass is 401 g/mol. The molecule has 3 aromatic rings. The van der Waals surface area contributed by atoms with Crippen molar-refractivity contribution in [1.82, 2.24) is 15.1 Å². The molecule has 2 fully saturated rings. The van der Waals surface area contributed by atoms with Crippen molar-refractivity contribution in [1.29, 1.82) is 0 Å². The van der Waals surface area contributed by atoms with Gasteiger partial charge in [0.15, 0.2) is 0 Å². The number of fused-ring (bicyclic) bond motifs is 1. The molecule has 5 rings (SSSR count). The highest BCUT2D eigenvalue weighted by Crippen LogP contribution is 2.45. The van der Waals surface area contributed by atoms with E-state index in [0.717, 1.165) is 58.1 Å². The van der Waals surface area contributed by atoms with Crippen LogP contribution in [0.3, 0.4) is 0 Å². The van der Waals surface area contributed by atoms with E-state index < -0.39 is 0 Å². The van der Waals surface area contributed by atoms with Gasteiger partial charge in [0.1, 0.15) is 0 Å². The van der Waals surface area contributed by atoms with Crippen LogP contribution in [0, 0.1) is 6.92 Å². The summed E-state index contributed by atoms with van der Waals surface area (Å²) in [6, 6.07) is 10.3. The molecular formula is C24H27N5O. The Labute approximate surface area is 175 Å². The Hall–Kier alpha value is -2.99. The molecule has 6 nitrogen and oxygen atoms in total. The van der Waals surface area contributed by atoms with Crippen LogP contribution in [0.4, 0.5) is 5.69 Å². The van der Waals surface area contributed by atoms with Gasteiger partial charge in [-0.3, -0.25) is 9.79 Å². The summed E-state index contributed by atoms with van der Waals surface area (Å²) in [6.07, 6.45) is 7.97. The zero-order chi connectivity index (χ0) is 20.9. The lowest BCUT2D eigenvalue weighted by Gasteiger charge is -2.30. The van der Waals surface area contributed by atoms with Crippen LogP contribution in [-0.2, 0) is 0 Å².